The van der Waals surface area contributed by atoms with Crippen molar-refractivity contribution in [2.45, 2.75) is 124 Å². The smallest absolute Gasteiger partial charge is 0.371 e. The van der Waals surface area contributed by atoms with Crippen LogP contribution in [0.3, 0.4) is 0 Å². The fourth-order valence-corrected chi connectivity index (χ4v) is 5.08. The molecule has 3 fully saturated rings. The lowest BCUT2D eigenvalue weighted by atomic mass is 9.96. The van der Waals surface area contributed by atoms with Gasteiger partial charge in [-0.25, -0.2) is 9.59 Å². The molecule has 0 aromatic rings. The summed E-state index contributed by atoms with van der Waals surface area (Å²) >= 11 is 0. The fraction of sp³-hybridized carbons (Fsp3) is 0.833. The average molecular weight is 645 g/mol. The second-order valence-corrected chi connectivity index (χ2v) is 10.8. The summed E-state index contributed by atoms with van der Waals surface area (Å²) in [5.74, 6) is -4.19. The molecule has 0 unspecified atom stereocenters. The molecule has 4 aliphatic rings. The van der Waals surface area contributed by atoms with Crippen molar-refractivity contribution in [1.82, 2.24) is 0 Å². The van der Waals surface area contributed by atoms with Crippen LogP contribution in [0.4, 0.5) is 0 Å². The molecule has 44 heavy (non-hydrogen) atoms. The van der Waals surface area contributed by atoms with Crippen molar-refractivity contribution in [3.8, 4) is 0 Å². The molecule has 20 heteroatoms. The Balaban J connectivity index is 1.49. The number of ether oxygens (including phenoxy) is 7. The molecular weight excluding hydrogens is 608 g/mol. The maximum Gasteiger partial charge on any atom is 0.371 e. The van der Waals surface area contributed by atoms with Gasteiger partial charge >= 0.3 is 11.9 Å². The molecule has 252 valence electrons. The lowest BCUT2D eigenvalue weighted by Crippen LogP contribution is -2.67. The van der Waals surface area contributed by atoms with Crippen molar-refractivity contribution in [2.24, 2.45) is 0 Å². The Labute approximate surface area is 247 Å². The van der Waals surface area contributed by atoms with Gasteiger partial charge in [0.2, 0.25) is 12.0 Å². The van der Waals surface area contributed by atoms with Crippen LogP contribution in [0, 0.1) is 0 Å². The lowest BCUT2D eigenvalue weighted by Gasteiger charge is -2.47. The second-order valence-electron chi connectivity index (χ2n) is 10.8. The standard InChI is InChI=1S/C24H36O20/c1-4-8(26)11(29)17(21(37)38-4)43-23-13(31)12(30)16(18(44-23)20(35)36)42-24-14(32)15(9(27)5(2)39-24)41-22-10(28)6(25)3-7(40-22)19(33)34/h3-6,8-18,21-32,37H,1-2H3,(H,33,34)(H,35,36)/t4-,5-,6-,8-,9-,10+,11+,12+,13+,14+,15+,16+,17+,18-,21+,22-,23-,24-/m0/s1. The highest BCUT2D eigenvalue weighted by molar-refractivity contribution is 5.84. The molecule has 11 N–H and O–H groups in total. The molecule has 4 rings (SSSR count). The van der Waals surface area contributed by atoms with Gasteiger partial charge in [-0.05, 0) is 19.9 Å². The van der Waals surface area contributed by atoms with Gasteiger partial charge in [-0.2, -0.15) is 0 Å². The number of hydrogen-bond acceptors (Lipinski definition) is 18. The number of aliphatic carboxylic acids is 2. The highest BCUT2D eigenvalue weighted by atomic mass is 16.8. The molecule has 0 saturated carbocycles. The summed E-state index contributed by atoms with van der Waals surface area (Å²) in [4.78, 5) is 23.4. The van der Waals surface area contributed by atoms with Crippen molar-refractivity contribution in [2.75, 3.05) is 0 Å². The zero-order valence-electron chi connectivity index (χ0n) is 23.1. The molecule has 3 saturated heterocycles. The SMILES string of the molecule is C[C@@H]1O[C@@H](O)[C@H](O[C@H]2O[C@H](C(=O)O)[C@H](O[C@@H]3O[C@@H](C)[C@H](O)[C@@H](O[C@@H]4OC(C(=O)O)=C[C@H](O)[C@H]4O)[C@H]3O)[C@H](O)[C@H]2O)[C@H](O)[C@H]1O. The Hall–Kier alpha value is -2.12. The van der Waals surface area contributed by atoms with E-state index in [1.807, 2.05) is 0 Å². The number of carboxylic acid groups (broad SMARTS) is 2. The van der Waals surface area contributed by atoms with Crippen LogP contribution >= 0.6 is 0 Å². The summed E-state index contributed by atoms with van der Waals surface area (Å²) in [6.07, 6.45) is -31.9. The first-order valence-electron chi connectivity index (χ1n) is 13.4. The Morgan fingerprint density at radius 2 is 1.16 bits per heavy atom. The molecule has 0 bridgehead atoms. The fourth-order valence-electron chi connectivity index (χ4n) is 5.08. The minimum Gasteiger partial charge on any atom is -0.479 e. The molecule has 0 radical (unpaired) electrons. The predicted molar refractivity (Wildman–Crippen MR) is 130 cm³/mol. The molecule has 4 heterocycles. The van der Waals surface area contributed by atoms with Crippen LogP contribution in [0.25, 0.3) is 0 Å². The lowest BCUT2D eigenvalue weighted by molar-refractivity contribution is -0.379. The molecule has 4 aliphatic heterocycles. The summed E-state index contributed by atoms with van der Waals surface area (Å²) < 4.78 is 36.9. The zero-order valence-corrected chi connectivity index (χ0v) is 23.1. The molecule has 0 aromatic carbocycles. The van der Waals surface area contributed by atoms with Crippen molar-refractivity contribution in [1.29, 1.82) is 0 Å². The highest BCUT2D eigenvalue weighted by Gasteiger charge is 2.55. The number of carboxylic acids is 2. The molecule has 0 spiro atoms. The van der Waals surface area contributed by atoms with Crippen LogP contribution in [0.2, 0.25) is 0 Å². The van der Waals surface area contributed by atoms with Crippen LogP contribution in [0.1, 0.15) is 13.8 Å². The quantitative estimate of drug-likeness (QED) is 0.117. The number of hydrogen-bond donors (Lipinski definition) is 11. The van der Waals surface area contributed by atoms with E-state index in [4.69, 9.17) is 33.2 Å². The van der Waals surface area contributed by atoms with E-state index in [2.05, 4.69) is 0 Å². The molecule has 20 nitrogen and oxygen atoms in total. The third kappa shape index (κ3) is 6.84. The Morgan fingerprint density at radius 3 is 1.77 bits per heavy atom. The van der Waals surface area contributed by atoms with Crippen LogP contribution in [0.5, 0.6) is 0 Å². The van der Waals surface area contributed by atoms with Gasteiger partial charge in [-0.1, -0.05) is 0 Å². The van der Waals surface area contributed by atoms with Crippen LogP contribution in [-0.4, -0.2) is 179 Å². The van der Waals surface area contributed by atoms with E-state index in [-0.39, 0.29) is 0 Å². The Kier molecular flexibility index (Phi) is 10.8. The van der Waals surface area contributed by atoms with Crippen LogP contribution in [0.15, 0.2) is 11.8 Å². The van der Waals surface area contributed by atoms with E-state index in [1.54, 1.807) is 0 Å². The van der Waals surface area contributed by atoms with Gasteiger partial charge in [0.05, 0.1) is 12.2 Å². The summed E-state index contributed by atoms with van der Waals surface area (Å²) in [7, 11) is 0. The monoisotopic (exact) mass is 644 g/mol. The van der Waals surface area contributed by atoms with Crippen molar-refractivity contribution < 1.29 is 98.9 Å². The van der Waals surface area contributed by atoms with E-state index in [0.29, 0.717) is 6.08 Å². The van der Waals surface area contributed by atoms with Gasteiger partial charge < -0.3 is 89.3 Å². The van der Waals surface area contributed by atoms with E-state index in [1.165, 1.54) is 13.8 Å². The van der Waals surface area contributed by atoms with Crippen molar-refractivity contribution >= 4 is 11.9 Å². The van der Waals surface area contributed by atoms with E-state index in [0.717, 1.165) is 0 Å². The second kappa shape index (κ2) is 13.7. The maximum atomic E-state index is 12.1. The Bertz CT molecular complexity index is 1060. The van der Waals surface area contributed by atoms with Crippen molar-refractivity contribution in [3.63, 3.8) is 0 Å². The van der Waals surface area contributed by atoms with Gasteiger partial charge in [0, 0.05) is 0 Å². The Morgan fingerprint density at radius 1 is 0.614 bits per heavy atom. The van der Waals surface area contributed by atoms with Gasteiger partial charge in [-0.3, -0.25) is 0 Å². The summed E-state index contributed by atoms with van der Waals surface area (Å²) in [5, 5.41) is 113. The topological polar surface area (TPSA) is 321 Å². The highest BCUT2D eigenvalue weighted by Crippen LogP contribution is 2.34. The first-order chi connectivity index (χ1) is 20.5. The van der Waals surface area contributed by atoms with Crippen LogP contribution in [-0.2, 0) is 42.7 Å². The summed E-state index contributed by atoms with van der Waals surface area (Å²) in [6.45, 7) is 2.62. The number of rotatable bonds is 8. The van der Waals surface area contributed by atoms with E-state index in [9.17, 15) is 65.8 Å². The third-order valence-corrected chi connectivity index (χ3v) is 7.65. The van der Waals surface area contributed by atoms with Crippen molar-refractivity contribution in [3.05, 3.63) is 11.8 Å². The van der Waals surface area contributed by atoms with Gasteiger partial charge in [0.1, 0.15) is 67.1 Å². The first kappa shape index (κ1) is 34.7. The first-order valence-corrected chi connectivity index (χ1v) is 13.4. The molecule has 18 atom stereocenters. The van der Waals surface area contributed by atoms with E-state index < -0.39 is 128 Å². The number of aliphatic hydroxyl groups is 9. The number of carbonyl (C=O) groups is 2. The largest absolute Gasteiger partial charge is 0.479 e. The number of aliphatic hydroxyl groups excluding tert-OH is 9. The van der Waals surface area contributed by atoms with Gasteiger partial charge in [0.25, 0.3) is 0 Å². The average Bonchev–Trinajstić information content (AvgIpc) is 2.95. The van der Waals surface area contributed by atoms with Crippen LogP contribution < -0.4 is 0 Å². The van der Waals surface area contributed by atoms with Gasteiger partial charge in [-0.15, -0.1) is 0 Å². The van der Waals surface area contributed by atoms with E-state index >= 15 is 0 Å². The molecule has 0 aromatic heterocycles. The van der Waals surface area contributed by atoms with Gasteiger partial charge in [0.15, 0.2) is 25.0 Å². The minimum absolute atomic E-state index is 0.697. The molecule has 0 amide bonds. The summed E-state index contributed by atoms with van der Waals surface area (Å²) in [5.41, 5.74) is 0. The minimum atomic E-state index is -2.16. The molecular formula is C24H36O20. The zero-order chi connectivity index (χ0) is 32.8. The predicted octanol–water partition coefficient (Wildman–Crippen LogP) is -6.35. The third-order valence-electron chi connectivity index (χ3n) is 7.65. The maximum absolute atomic E-state index is 12.1. The molecule has 0 aliphatic carbocycles. The normalized spacial score (nSPS) is 49.9. The summed E-state index contributed by atoms with van der Waals surface area (Å²) in [6, 6.07) is 0.